The van der Waals surface area contributed by atoms with Crippen LogP contribution in [-0.4, -0.2) is 23.6 Å². The lowest BCUT2D eigenvalue weighted by atomic mass is 10.2. The van der Waals surface area contributed by atoms with Crippen molar-refractivity contribution in [3.63, 3.8) is 0 Å². The van der Waals surface area contributed by atoms with Crippen molar-refractivity contribution in [3.05, 3.63) is 0 Å². The summed E-state index contributed by atoms with van der Waals surface area (Å²) in [4.78, 5) is 2.42. The highest BCUT2D eigenvalue weighted by Crippen LogP contribution is 2.43. The van der Waals surface area contributed by atoms with Crippen molar-refractivity contribution in [2.75, 3.05) is 23.8 Å². The first kappa shape index (κ1) is 12.5. The Hall–Kier alpha value is -0.970. The Balaban J connectivity index is 2.22. The van der Waals surface area contributed by atoms with Crippen LogP contribution >= 0.6 is 11.5 Å². The van der Waals surface area contributed by atoms with Crippen molar-refractivity contribution in [2.45, 2.75) is 39.7 Å². The summed E-state index contributed by atoms with van der Waals surface area (Å²) in [7, 11) is 0. The fraction of sp³-hybridized carbons (Fsp3) is 0.750. The predicted molar refractivity (Wildman–Crippen MR) is 72.9 cm³/mol. The maximum Gasteiger partial charge on any atom is 0.197 e. The Kier molecular flexibility index (Phi) is 3.76. The zero-order chi connectivity index (χ0) is 12.4. The van der Waals surface area contributed by atoms with Gasteiger partial charge in [0.15, 0.2) is 16.6 Å². The van der Waals surface area contributed by atoms with E-state index >= 15 is 0 Å². The van der Waals surface area contributed by atoms with Gasteiger partial charge < -0.3 is 15.4 Å². The zero-order valence-electron chi connectivity index (χ0n) is 10.8. The molecule has 2 N–H and O–H groups in total. The second kappa shape index (κ2) is 5.12. The maximum atomic E-state index is 5.86. The molecule has 0 radical (unpaired) electrons. The van der Waals surface area contributed by atoms with Crippen molar-refractivity contribution >= 4 is 22.4 Å². The Labute approximate surface area is 107 Å². The SMILES string of the molecule is CCOc1c(N)nsc1N(CC(C)C)C1CC1. The van der Waals surface area contributed by atoms with Crippen LogP contribution in [0.5, 0.6) is 5.75 Å². The summed E-state index contributed by atoms with van der Waals surface area (Å²) < 4.78 is 9.86. The second-order valence-electron chi connectivity index (χ2n) is 4.91. The zero-order valence-corrected chi connectivity index (χ0v) is 11.6. The standard InChI is InChI=1S/C12H21N3OS/c1-4-16-10-11(13)14-17-12(10)15(7-8(2)3)9-5-6-9/h8-9H,4-7H2,1-3H3,(H2,13,14). The van der Waals surface area contributed by atoms with Crippen molar-refractivity contribution in [2.24, 2.45) is 5.92 Å². The van der Waals surface area contributed by atoms with E-state index in [4.69, 9.17) is 10.5 Å². The second-order valence-corrected chi connectivity index (χ2v) is 5.66. The molecule has 0 atom stereocenters. The summed E-state index contributed by atoms with van der Waals surface area (Å²) >= 11 is 1.46. The maximum absolute atomic E-state index is 5.86. The molecule has 0 unspecified atom stereocenters. The average molecular weight is 255 g/mol. The largest absolute Gasteiger partial charge is 0.487 e. The lowest BCUT2D eigenvalue weighted by Gasteiger charge is -2.25. The van der Waals surface area contributed by atoms with Crippen LogP contribution in [0.25, 0.3) is 0 Å². The minimum absolute atomic E-state index is 0.529. The van der Waals surface area contributed by atoms with E-state index in [0.717, 1.165) is 17.3 Å². The summed E-state index contributed by atoms with van der Waals surface area (Å²) in [5.74, 6) is 1.94. The molecule has 2 rings (SSSR count). The van der Waals surface area contributed by atoms with E-state index < -0.39 is 0 Å². The van der Waals surface area contributed by atoms with Crippen LogP contribution in [-0.2, 0) is 0 Å². The van der Waals surface area contributed by atoms with E-state index in [9.17, 15) is 0 Å². The first-order valence-electron chi connectivity index (χ1n) is 6.28. The normalized spacial score (nSPS) is 15.3. The average Bonchev–Trinajstić information content (AvgIpc) is 3.04. The third-order valence-electron chi connectivity index (χ3n) is 2.76. The van der Waals surface area contributed by atoms with Gasteiger partial charge in [-0.15, -0.1) is 0 Å². The first-order chi connectivity index (χ1) is 8.13. The van der Waals surface area contributed by atoms with Crippen LogP contribution in [0.3, 0.4) is 0 Å². The third-order valence-corrected chi connectivity index (χ3v) is 3.64. The van der Waals surface area contributed by atoms with Crippen LogP contribution in [0, 0.1) is 5.92 Å². The van der Waals surface area contributed by atoms with Crippen LogP contribution < -0.4 is 15.4 Å². The molecular formula is C12H21N3OS. The van der Waals surface area contributed by atoms with Gasteiger partial charge in [0.25, 0.3) is 0 Å². The van der Waals surface area contributed by atoms with Crippen LogP contribution in [0.1, 0.15) is 33.6 Å². The molecular weight excluding hydrogens is 234 g/mol. The molecule has 96 valence electrons. The molecule has 0 saturated heterocycles. The van der Waals surface area contributed by atoms with Gasteiger partial charge >= 0.3 is 0 Å². The van der Waals surface area contributed by atoms with Crippen LogP contribution in [0.15, 0.2) is 0 Å². The summed E-state index contributed by atoms with van der Waals surface area (Å²) in [6.45, 7) is 8.13. The highest BCUT2D eigenvalue weighted by Gasteiger charge is 2.33. The molecule has 1 aromatic rings. The molecule has 0 spiro atoms. The molecule has 1 saturated carbocycles. The van der Waals surface area contributed by atoms with Crippen molar-refractivity contribution in [1.29, 1.82) is 0 Å². The summed E-state index contributed by atoms with van der Waals surface area (Å²) in [5, 5.41) is 1.11. The molecule has 1 heterocycles. The monoisotopic (exact) mass is 255 g/mol. The Morgan fingerprint density at radius 1 is 1.53 bits per heavy atom. The number of hydrogen-bond acceptors (Lipinski definition) is 5. The minimum Gasteiger partial charge on any atom is -0.487 e. The van der Waals surface area contributed by atoms with Gasteiger partial charge in [0.2, 0.25) is 0 Å². The lowest BCUT2D eigenvalue weighted by molar-refractivity contribution is 0.342. The van der Waals surface area contributed by atoms with Gasteiger partial charge in [-0.3, -0.25) is 0 Å². The minimum atomic E-state index is 0.529. The molecule has 4 nitrogen and oxygen atoms in total. The molecule has 0 amide bonds. The highest BCUT2D eigenvalue weighted by molar-refractivity contribution is 7.11. The number of anilines is 2. The fourth-order valence-electron chi connectivity index (χ4n) is 1.93. The molecule has 1 aliphatic carbocycles. The van der Waals surface area contributed by atoms with Gasteiger partial charge in [-0.05, 0) is 37.2 Å². The van der Waals surface area contributed by atoms with Gasteiger partial charge in [-0.2, -0.15) is 4.37 Å². The number of aromatic nitrogens is 1. The number of hydrogen-bond donors (Lipinski definition) is 1. The van der Waals surface area contributed by atoms with Gasteiger partial charge in [0, 0.05) is 12.6 Å². The van der Waals surface area contributed by atoms with E-state index in [0.29, 0.717) is 24.4 Å². The number of nitrogen functional groups attached to an aromatic ring is 1. The quantitative estimate of drug-likeness (QED) is 0.849. The van der Waals surface area contributed by atoms with Gasteiger partial charge in [-0.1, -0.05) is 13.8 Å². The van der Waals surface area contributed by atoms with E-state index in [-0.39, 0.29) is 0 Å². The number of ether oxygens (including phenoxy) is 1. The summed E-state index contributed by atoms with van der Waals surface area (Å²) in [6.07, 6.45) is 2.55. The predicted octanol–water partition coefficient (Wildman–Crippen LogP) is 2.75. The number of nitrogens with two attached hydrogens (primary N) is 1. The van der Waals surface area contributed by atoms with Gasteiger partial charge in [0.1, 0.15) is 0 Å². The smallest absolute Gasteiger partial charge is 0.197 e. The molecule has 1 fully saturated rings. The molecule has 1 aromatic heterocycles. The topological polar surface area (TPSA) is 51.4 Å². The molecule has 5 heteroatoms. The fourth-order valence-corrected chi connectivity index (χ4v) is 2.77. The molecule has 17 heavy (non-hydrogen) atoms. The lowest BCUT2D eigenvalue weighted by Crippen LogP contribution is -2.29. The van der Waals surface area contributed by atoms with E-state index in [1.165, 1.54) is 24.4 Å². The number of nitrogens with zero attached hydrogens (tertiary/aromatic N) is 2. The summed E-state index contributed by atoms with van der Waals surface area (Å²) in [6, 6.07) is 0.663. The van der Waals surface area contributed by atoms with Crippen molar-refractivity contribution in [1.82, 2.24) is 4.37 Å². The highest BCUT2D eigenvalue weighted by atomic mass is 32.1. The van der Waals surface area contributed by atoms with Gasteiger partial charge in [0.05, 0.1) is 6.61 Å². The van der Waals surface area contributed by atoms with Crippen LogP contribution in [0.4, 0.5) is 10.8 Å². The molecule has 0 bridgehead atoms. The van der Waals surface area contributed by atoms with Crippen molar-refractivity contribution in [3.8, 4) is 5.75 Å². The van der Waals surface area contributed by atoms with E-state index in [1.807, 2.05) is 6.92 Å². The number of rotatable bonds is 6. The van der Waals surface area contributed by atoms with Crippen LogP contribution in [0.2, 0.25) is 0 Å². The summed E-state index contributed by atoms with van der Waals surface area (Å²) in [5.41, 5.74) is 5.86. The Morgan fingerprint density at radius 2 is 2.24 bits per heavy atom. The molecule has 1 aliphatic rings. The van der Waals surface area contributed by atoms with Gasteiger partial charge in [-0.25, -0.2) is 0 Å². The first-order valence-corrected chi connectivity index (χ1v) is 7.05. The van der Waals surface area contributed by atoms with Crippen molar-refractivity contribution < 1.29 is 4.74 Å². The molecule has 0 aromatic carbocycles. The third kappa shape index (κ3) is 2.83. The van der Waals surface area contributed by atoms with E-state index in [2.05, 4.69) is 23.1 Å². The van der Waals surface area contributed by atoms with E-state index in [1.54, 1.807) is 0 Å². The Bertz CT molecular complexity index is 374. The Morgan fingerprint density at radius 3 is 2.76 bits per heavy atom. The molecule has 0 aliphatic heterocycles.